The van der Waals surface area contributed by atoms with Gasteiger partial charge in [-0.1, -0.05) is 47.5 Å². The molecule has 1 unspecified atom stereocenters. The lowest BCUT2D eigenvalue weighted by molar-refractivity contribution is -0.150. The third kappa shape index (κ3) is 4.59. The number of carboxylic acids is 1. The number of carbonyl (C=O) groups excluding carboxylic acids is 1. The van der Waals surface area contributed by atoms with Crippen LogP contribution in [0.25, 0.3) is 0 Å². The topological polar surface area (TPSA) is 57.6 Å². The molecule has 1 saturated carbocycles. The highest BCUT2D eigenvalue weighted by molar-refractivity contribution is 6.30. The molecule has 6 heteroatoms. The molecule has 2 aromatic carbocycles. The summed E-state index contributed by atoms with van der Waals surface area (Å²) < 4.78 is 0. The molecule has 1 saturated heterocycles. The Morgan fingerprint density at radius 3 is 2.38 bits per heavy atom. The summed E-state index contributed by atoms with van der Waals surface area (Å²) in [7, 11) is 0. The molecule has 0 radical (unpaired) electrons. The van der Waals surface area contributed by atoms with E-state index in [1.165, 1.54) is 0 Å². The molecule has 1 aliphatic carbocycles. The van der Waals surface area contributed by atoms with Gasteiger partial charge in [0.2, 0.25) is 5.91 Å². The molecule has 1 amide bonds. The van der Waals surface area contributed by atoms with E-state index in [9.17, 15) is 14.7 Å². The van der Waals surface area contributed by atoms with Crippen LogP contribution in [-0.2, 0) is 9.59 Å². The second-order valence-corrected chi connectivity index (χ2v) is 9.00. The van der Waals surface area contributed by atoms with Crippen molar-refractivity contribution in [1.29, 1.82) is 0 Å². The van der Waals surface area contributed by atoms with Crippen LogP contribution in [0, 0.1) is 11.8 Å². The summed E-state index contributed by atoms with van der Waals surface area (Å²) in [6, 6.07) is 15.1. The summed E-state index contributed by atoms with van der Waals surface area (Å²) in [6.07, 6.45) is 2.56. The molecule has 29 heavy (non-hydrogen) atoms. The first kappa shape index (κ1) is 20.2. The molecule has 4 nitrogen and oxygen atoms in total. The summed E-state index contributed by atoms with van der Waals surface area (Å²) >= 11 is 12.4. The highest BCUT2D eigenvalue weighted by Crippen LogP contribution is 2.48. The Labute approximate surface area is 180 Å². The summed E-state index contributed by atoms with van der Waals surface area (Å²) in [4.78, 5) is 26.7. The number of piperidine rings is 1. The van der Waals surface area contributed by atoms with Gasteiger partial charge in [-0.25, -0.2) is 0 Å². The van der Waals surface area contributed by atoms with E-state index in [-0.39, 0.29) is 24.3 Å². The van der Waals surface area contributed by atoms with Crippen molar-refractivity contribution >= 4 is 35.1 Å². The van der Waals surface area contributed by atoms with Crippen LogP contribution >= 0.6 is 23.2 Å². The lowest BCUT2D eigenvalue weighted by Crippen LogP contribution is -2.48. The molecule has 2 aromatic rings. The van der Waals surface area contributed by atoms with Crippen LogP contribution in [-0.4, -0.2) is 28.4 Å². The molecular weight excluding hydrogens is 409 g/mol. The smallest absolute Gasteiger partial charge is 0.304 e. The number of carbonyl (C=O) groups is 2. The number of hydrogen-bond donors (Lipinski definition) is 1. The van der Waals surface area contributed by atoms with Crippen LogP contribution < -0.4 is 0 Å². The fourth-order valence-corrected chi connectivity index (χ4v) is 4.74. The van der Waals surface area contributed by atoms with Crippen molar-refractivity contribution in [1.82, 2.24) is 4.90 Å². The minimum absolute atomic E-state index is 0.0318. The predicted octanol–water partition coefficient (Wildman–Crippen LogP) is 5.55. The Hall–Kier alpha value is -2.04. The molecule has 3 atom stereocenters. The maximum absolute atomic E-state index is 13.3. The fourth-order valence-electron chi connectivity index (χ4n) is 4.42. The normalized spacial score (nSPS) is 24.6. The molecule has 0 spiro atoms. The number of aliphatic carboxylic acids is 1. The number of hydrogen-bond acceptors (Lipinski definition) is 2. The zero-order valence-corrected chi connectivity index (χ0v) is 17.4. The third-order valence-corrected chi connectivity index (χ3v) is 6.44. The van der Waals surface area contributed by atoms with Gasteiger partial charge in [-0.2, -0.15) is 0 Å². The largest absolute Gasteiger partial charge is 0.481 e. The lowest BCUT2D eigenvalue weighted by atomic mass is 9.75. The van der Waals surface area contributed by atoms with E-state index < -0.39 is 11.9 Å². The van der Waals surface area contributed by atoms with Crippen LogP contribution in [0.1, 0.15) is 48.8 Å². The molecule has 0 aromatic heterocycles. The molecule has 4 rings (SSSR count). The van der Waals surface area contributed by atoms with E-state index in [2.05, 4.69) is 0 Å². The van der Waals surface area contributed by atoms with Crippen LogP contribution in [0.3, 0.4) is 0 Å². The number of benzene rings is 2. The molecule has 0 bridgehead atoms. The summed E-state index contributed by atoms with van der Waals surface area (Å²) in [5, 5.41) is 10.7. The first-order valence-electron chi connectivity index (χ1n) is 9.95. The number of carboxylic acid groups (broad SMARTS) is 1. The van der Waals surface area contributed by atoms with Crippen molar-refractivity contribution < 1.29 is 14.7 Å². The van der Waals surface area contributed by atoms with E-state index in [0.717, 1.165) is 24.0 Å². The van der Waals surface area contributed by atoms with Gasteiger partial charge in [0.15, 0.2) is 0 Å². The van der Waals surface area contributed by atoms with Crippen molar-refractivity contribution in [3.8, 4) is 0 Å². The lowest BCUT2D eigenvalue weighted by Gasteiger charge is -2.45. The van der Waals surface area contributed by atoms with Gasteiger partial charge in [0.1, 0.15) is 0 Å². The van der Waals surface area contributed by atoms with E-state index in [4.69, 9.17) is 23.2 Å². The zero-order valence-electron chi connectivity index (χ0n) is 15.9. The maximum atomic E-state index is 13.3. The van der Waals surface area contributed by atoms with Gasteiger partial charge in [0.05, 0.1) is 12.5 Å². The first-order chi connectivity index (χ1) is 13.9. The van der Waals surface area contributed by atoms with Gasteiger partial charge in [0, 0.05) is 28.4 Å². The maximum Gasteiger partial charge on any atom is 0.304 e. The van der Waals surface area contributed by atoms with Crippen molar-refractivity contribution in [2.45, 2.75) is 37.6 Å². The van der Waals surface area contributed by atoms with Gasteiger partial charge in [-0.05, 0) is 60.6 Å². The number of rotatable bonds is 6. The average Bonchev–Trinajstić information content (AvgIpc) is 3.49. The standard InChI is InChI=1S/C23H23Cl2NO3/c24-18-8-6-15(7-9-18)22-20(16-2-1-3-19(25)10-16)11-17(12-21(27)28)23(29)26(22)13-14-4-5-14/h1-3,6-10,14,17,20,22H,4-5,11-13H2,(H,27,28)/t17-,20-,22?/m1/s1. The minimum atomic E-state index is -0.940. The molecule has 1 aliphatic heterocycles. The second kappa shape index (κ2) is 8.37. The van der Waals surface area contributed by atoms with Crippen molar-refractivity contribution in [2.24, 2.45) is 11.8 Å². The predicted molar refractivity (Wildman–Crippen MR) is 113 cm³/mol. The number of amides is 1. The van der Waals surface area contributed by atoms with Gasteiger partial charge >= 0.3 is 5.97 Å². The average molecular weight is 432 g/mol. The SMILES string of the molecule is O=C(O)C[C@H]1C[C@H](c2cccc(Cl)c2)C(c2ccc(Cl)cc2)N(CC2CC2)C1=O. The van der Waals surface area contributed by atoms with Crippen LogP contribution in [0.4, 0.5) is 0 Å². The zero-order chi connectivity index (χ0) is 20.5. The Morgan fingerprint density at radius 2 is 1.76 bits per heavy atom. The number of likely N-dealkylation sites (tertiary alicyclic amines) is 1. The Kier molecular flexibility index (Phi) is 5.84. The van der Waals surface area contributed by atoms with E-state index in [0.29, 0.717) is 28.9 Å². The van der Waals surface area contributed by atoms with Crippen molar-refractivity contribution in [3.05, 3.63) is 69.7 Å². The van der Waals surface area contributed by atoms with Gasteiger partial charge < -0.3 is 10.0 Å². The number of nitrogens with zero attached hydrogens (tertiary/aromatic N) is 1. The fraction of sp³-hybridized carbons (Fsp3) is 0.391. The highest BCUT2D eigenvalue weighted by atomic mass is 35.5. The molecular formula is C23H23Cl2NO3. The summed E-state index contributed by atoms with van der Waals surface area (Å²) in [5.74, 6) is -1.06. The summed E-state index contributed by atoms with van der Waals surface area (Å²) in [6.45, 7) is 0.666. The molecule has 2 aliphatic rings. The highest BCUT2D eigenvalue weighted by Gasteiger charge is 2.45. The minimum Gasteiger partial charge on any atom is -0.481 e. The second-order valence-electron chi connectivity index (χ2n) is 8.12. The summed E-state index contributed by atoms with van der Waals surface area (Å²) in [5.41, 5.74) is 2.04. The molecule has 152 valence electrons. The van der Waals surface area contributed by atoms with Crippen LogP contribution in [0.5, 0.6) is 0 Å². The van der Waals surface area contributed by atoms with Crippen LogP contribution in [0.15, 0.2) is 48.5 Å². The van der Waals surface area contributed by atoms with E-state index in [1.54, 1.807) is 0 Å². The Balaban J connectivity index is 1.78. The number of halogens is 2. The van der Waals surface area contributed by atoms with Crippen molar-refractivity contribution in [2.75, 3.05) is 6.54 Å². The third-order valence-electron chi connectivity index (χ3n) is 5.95. The van der Waals surface area contributed by atoms with Gasteiger partial charge in [0.25, 0.3) is 0 Å². The Morgan fingerprint density at radius 1 is 1.03 bits per heavy atom. The molecule has 1 N–H and O–H groups in total. The first-order valence-corrected chi connectivity index (χ1v) is 10.7. The van der Waals surface area contributed by atoms with E-state index in [1.807, 2.05) is 53.4 Å². The quantitative estimate of drug-likeness (QED) is 0.651. The van der Waals surface area contributed by atoms with Gasteiger partial charge in [-0.15, -0.1) is 0 Å². The van der Waals surface area contributed by atoms with E-state index >= 15 is 0 Å². The monoisotopic (exact) mass is 431 g/mol. The molecule has 1 heterocycles. The van der Waals surface area contributed by atoms with Crippen molar-refractivity contribution in [3.63, 3.8) is 0 Å². The Bertz CT molecular complexity index is 911. The van der Waals surface area contributed by atoms with Gasteiger partial charge in [-0.3, -0.25) is 9.59 Å². The molecule has 2 fully saturated rings. The van der Waals surface area contributed by atoms with Crippen LogP contribution in [0.2, 0.25) is 10.0 Å².